The van der Waals surface area contributed by atoms with Crippen LogP contribution in [0.3, 0.4) is 0 Å². The Morgan fingerprint density at radius 3 is 2.51 bits per heavy atom. The molecule has 0 saturated carbocycles. The maximum atomic E-state index is 13.9. The van der Waals surface area contributed by atoms with Gasteiger partial charge in [0.1, 0.15) is 28.8 Å². The number of hydrazone groups is 1. The first kappa shape index (κ1) is 39.8. The number of benzene rings is 3. The molecule has 4 aromatic rings. The van der Waals surface area contributed by atoms with Gasteiger partial charge in [-0.25, -0.2) is 13.4 Å². The summed E-state index contributed by atoms with van der Waals surface area (Å²) in [5.74, 6) is 4.98. The van der Waals surface area contributed by atoms with Crippen LogP contribution < -0.4 is 21.2 Å². The smallest absolute Gasteiger partial charge is 0.251 e. The first-order valence-electron chi connectivity index (χ1n) is 15.0. The molecule has 1 aliphatic rings. The number of ether oxygens (including phenoxy) is 1. The number of para-hydroxylation sites is 1. The Morgan fingerprint density at radius 1 is 1.04 bits per heavy atom. The predicted molar refractivity (Wildman–Crippen MR) is 197 cm³/mol. The molecule has 0 radical (unpaired) electrons. The number of halogens is 4. The molecule has 0 bridgehead atoms. The second-order valence-corrected chi connectivity index (χ2v) is 13.6. The fourth-order valence-electron chi connectivity index (χ4n) is 5.34. The van der Waals surface area contributed by atoms with E-state index >= 15 is 0 Å². The average Bonchev–Trinajstić information content (AvgIpc) is 3.56. The highest BCUT2D eigenvalue weighted by Crippen LogP contribution is 2.36. The molecule has 16 heteroatoms. The van der Waals surface area contributed by atoms with E-state index in [-0.39, 0.29) is 65.4 Å². The van der Waals surface area contributed by atoms with E-state index in [9.17, 15) is 18.0 Å². The summed E-state index contributed by atoms with van der Waals surface area (Å²) in [6, 6.07) is 18.1. The summed E-state index contributed by atoms with van der Waals surface area (Å²) in [5, 5.41) is 10.1. The number of rotatable bonds is 12. The molecule has 1 fully saturated rings. The monoisotopic (exact) mass is 768 g/mol. The van der Waals surface area contributed by atoms with E-state index in [1.54, 1.807) is 30.3 Å². The molecule has 1 aromatic heterocycles. The van der Waals surface area contributed by atoms with Gasteiger partial charge in [-0.2, -0.15) is 9.41 Å². The number of nitrogens with zero attached hydrogens (tertiary/aromatic N) is 3. The lowest BCUT2D eigenvalue weighted by Crippen LogP contribution is -2.46. The maximum Gasteiger partial charge on any atom is 0.251 e. The van der Waals surface area contributed by atoms with Crippen LogP contribution in [0.5, 0.6) is 5.75 Å². The van der Waals surface area contributed by atoms with Gasteiger partial charge in [-0.15, -0.1) is 24.8 Å². The van der Waals surface area contributed by atoms with Gasteiger partial charge in [0, 0.05) is 46.9 Å². The van der Waals surface area contributed by atoms with Crippen LogP contribution in [0.1, 0.15) is 46.4 Å². The fourth-order valence-corrected chi connectivity index (χ4v) is 7.86. The Hall–Kier alpha value is -3.65. The zero-order valence-electron chi connectivity index (χ0n) is 26.4. The molecule has 3 aromatic carbocycles. The first-order valence-corrected chi connectivity index (χ1v) is 17.2. The van der Waals surface area contributed by atoms with E-state index < -0.39 is 22.0 Å². The average molecular weight is 771 g/mol. The van der Waals surface area contributed by atoms with E-state index in [4.69, 9.17) is 33.8 Å². The summed E-state index contributed by atoms with van der Waals surface area (Å²) < 4.78 is 35.0. The SMILES string of the molecule is Cc1ccc2cccc(OCc3c(Cl)ccc(S(=O)(=O)N4CCC[C@H]4C(=O)NCCCNC(=O)c4ccc(C=NN)cc4)c3Cl)c2n1.Cl.Cl. The molecule has 0 unspecified atom stereocenters. The number of nitrogens with two attached hydrogens (primary N) is 1. The zero-order valence-corrected chi connectivity index (χ0v) is 30.4. The lowest BCUT2D eigenvalue weighted by atomic mass is 10.1. The number of sulfonamides is 1. The number of fused-ring (bicyclic) bond motifs is 1. The van der Waals surface area contributed by atoms with Gasteiger partial charge in [-0.3, -0.25) is 9.59 Å². The molecular weight excluding hydrogens is 734 g/mol. The highest BCUT2D eigenvalue weighted by molar-refractivity contribution is 7.89. The Labute approximate surface area is 307 Å². The predicted octanol–water partition coefficient (Wildman–Crippen LogP) is 5.65. The van der Waals surface area contributed by atoms with Crippen molar-refractivity contribution >= 4 is 87.0 Å². The molecule has 5 rings (SSSR count). The second kappa shape index (κ2) is 17.8. The summed E-state index contributed by atoms with van der Waals surface area (Å²) in [5.41, 5.74) is 3.05. The van der Waals surface area contributed by atoms with Gasteiger partial charge >= 0.3 is 0 Å². The van der Waals surface area contributed by atoms with Crippen molar-refractivity contribution in [3.8, 4) is 5.75 Å². The van der Waals surface area contributed by atoms with Crippen molar-refractivity contribution in [2.45, 2.75) is 43.7 Å². The molecule has 262 valence electrons. The number of carbonyl (C=O) groups is 2. The summed E-state index contributed by atoms with van der Waals surface area (Å²) in [7, 11) is -4.17. The van der Waals surface area contributed by atoms with Crippen molar-refractivity contribution in [3.63, 3.8) is 0 Å². The number of nitrogens with one attached hydrogen (secondary N) is 2. The Morgan fingerprint density at radius 2 is 1.78 bits per heavy atom. The van der Waals surface area contributed by atoms with Gasteiger partial charge < -0.3 is 21.2 Å². The number of hydrogen-bond acceptors (Lipinski definition) is 8. The first-order chi connectivity index (χ1) is 22.6. The Bertz CT molecular complexity index is 1930. The fraction of sp³-hybridized carbons (Fsp3) is 0.273. The van der Waals surface area contributed by atoms with E-state index in [1.807, 2.05) is 31.2 Å². The number of hydrogen-bond donors (Lipinski definition) is 3. The standard InChI is InChI=1S/C33H34Cl2N6O5S.2ClH/c1-21-8-11-23-5-2-7-28(31(23)40-21)46-20-25-26(34)14-15-29(30(25)35)47(44,45)41-18-3-6-27(41)33(43)38-17-4-16-37-32(42)24-12-9-22(10-13-24)19-39-36;;/h2,5,7-15,19,27H,3-4,6,16-18,20,36H2,1H3,(H,37,42)(H,38,43);2*1H/t27-;;/m0../s1. The van der Waals surface area contributed by atoms with Gasteiger partial charge in [-0.1, -0.05) is 53.5 Å². The Balaban J connectivity index is 0.00000325. The third-order valence-corrected chi connectivity index (χ3v) is 10.6. The minimum atomic E-state index is -4.17. The van der Waals surface area contributed by atoms with Crippen LogP contribution in [0, 0.1) is 6.92 Å². The van der Waals surface area contributed by atoms with Gasteiger partial charge in [0.25, 0.3) is 5.91 Å². The van der Waals surface area contributed by atoms with Crippen molar-refractivity contribution in [1.82, 2.24) is 19.9 Å². The van der Waals surface area contributed by atoms with Crippen molar-refractivity contribution in [2.75, 3.05) is 19.6 Å². The number of aromatic nitrogens is 1. The van der Waals surface area contributed by atoms with Crippen LogP contribution in [0.4, 0.5) is 0 Å². The van der Waals surface area contributed by atoms with Crippen molar-refractivity contribution in [1.29, 1.82) is 0 Å². The third kappa shape index (κ3) is 9.33. The van der Waals surface area contributed by atoms with E-state index in [2.05, 4.69) is 20.7 Å². The van der Waals surface area contributed by atoms with Crippen LogP contribution >= 0.6 is 48.0 Å². The van der Waals surface area contributed by atoms with Crippen molar-refractivity contribution < 1.29 is 22.7 Å². The number of amides is 2. The molecule has 0 spiro atoms. The minimum Gasteiger partial charge on any atom is -0.487 e. The van der Waals surface area contributed by atoms with E-state index in [0.717, 1.165) is 16.6 Å². The molecular formula is C33H36Cl4N6O5S. The normalized spacial score (nSPS) is 14.6. The Kier molecular flexibility index (Phi) is 14.5. The molecule has 1 saturated heterocycles. The number of pyridine rings is 1. The highest BCUT2D eigenvalue weighted by atomic mass is 35.5. The van der Waals surface area contributed by atoms with Gasteiger partial charge in [0.2, 0.25) is 15.9 Å². The molecule has 4 N–H and O–H groups in total. The number of carbonyl (C=O) groups excluding carboxylic acids is 2. The van der Waals surface area contributed by atoms with Crippen LogP contribution in [-0.2, 0) is 21.4 Å². The quantitative estimate of drug-likeness (QED) is 0.0728. The molecule has 2 heterocycles. The molecule has 1 atom stereocenters. The molecule has 0 aliphatic carbocycles. The minimum absolute atomic E-state index is 0. The summed E-state index contributed by atoms with van der Waals surface area (Å²) in [4.78, 5) is 29.9. The lowest BCUT2D eigenvalue weighted by Gasteiger charge is -2.24. The van der Waals surface area contributed by atoms with Crippen molar-refractivity contribution in [2.24, 2.45) is 10.9 Å². The molecule has 11 nitrogen and oxygen atoms in total. The summed E-state index contributed by atoms with van der Waals surface area (Å²) >= 11 is 13.2. The molecule has 49 heavy (non-hydrogen) atoms. The van der Waals surface area contributed by atoms with Gasteiger partial charge in [0.15, 0.2) is 0 Å². The van der Waals surface area contributed by atoms with Gasteiger partial charge in [-0.05, 0) is 68.1 Å². The number of aryl methyl sites for hydroxylation is 1. The van der Waals surface area contributed by atoms with Crippen LogP contribution in [0.15, 0.2) is 76.7 Å². The van der Waals surface area contributed by atoms with Gasteiger partial charge in [0.05, 0.1) is 11.2 Å². The molecule has 2 amide bonds. The summed E-state index contributed by atoms with van der Waals surface area (Å²) in [6.45, 7) is 2.52. The third-order valence-electron chi connectivity index (χ3n) is 7.77. The summed E-state index contributed by atoms with van der Waals surface area (Å²) in [6.07, 6.45) is 2.80. The van der Waals surface area contributed by atoms with E-state index in [0.29, 0.717) is 48.2 Å². The zero-order chi connectivity index (χ0) is 33.6. The highest BCUT2D eigenvalue weighted by Gasteiger charge is 2.40. The van der Waals surface area contributed by atoms with Crippen LogP contribution in [0.25, 0.3) is 10.9 Å². The lowest BCUT2D eigenvalue weighted by molar-refractivity contribution is -0.124. The van der Waals surface area contributed by atoms with Crippen molar-refractivity contribution in [3.05, 3.63) is 99.2 Å². The van der Waals surface area contributed by atoms with E-state index in [1.165, 1.54) is 22.7 Å². The maximum absolute atomic E-state index is 13.9. The van der Waals surface area contributed by atoms with Crippen LogP contribution in [0.2, 0.25) is 10.0 Å². The van der Waals surface area contributed by atoms with Crippen LogP contribution in [-0.4, -0.2) is 61.4 Å². The largest absolute Gasteiger partial charge is 0.487 e. The topological polar surface area (TPSA) is 156 Å². The molecule has 1 aliphatic heterocycles. The second-order valence-electron chi connectivity index (χ2n) is 11.0.